The van der Waals surface area contributed by atoms with Crippen molar-refractivity contribution in [3.63, 3.8) is 0 Å². The first kappa shape index (κ1) is 17.9. The SMILES string of the molecule is Cc1nn(C)c2sc(C(=O)NC(C)C(=O)NC(C)CC(=O)O)cc12. The number of carboxylic acids is 1. The van der Waals surface area contributed by atoms with Gasteiger partial charge in [-0.15, -0.1) is 11.3 Å². The average Bonchev–Trinajstić information content (AvgIpc) is 3.00. The third-order valence-corrected chi connectivity index (χ3v) is 4.73. The predicted octanol–water partition coefficient (Wildman–Crippen LogP) is 1.04. The number of carbonyl (C=O) groups is 3. The maximum Gasteiger partial charge on any atom is 0.305 e. The molecule has 2 rings (SSSR count). The summed E-state index contributed by atoms with van der Waals surface area (Å²) in [5.41, 5.74) is 0.844. The van der Waals surface area contributed by atoms with Crippen molar-refractivity contribution in [1.29, 1.82) is 0 Å². The van der Waals surface area contributed by atoms with Gasteiger partial charge in [0.1, 0.15) is 10.9 Å². The lowest BCUT2D eigenvalue weighted by Crippen LogP contribution is -2.47. The Morgan fingerprint density at radius 3 is 2.58 bits per heavy atom. The highest BCUT2D eigenvalue weighted by molar-refractivity contribution is 7.20. The molecule has 0 aliphatic heterocycles. The van der Waals surface area contributed by atoms with Crippen LogP contribution in [0.3, 0.4) is 0 Å². The van der Waals surface area contributed by atoms with Gasteiger partial charge in [-0.25, -0.2) is 0 Å². The van der Waals surface area contributed by atoms with E-state index >= 15 is 0 Å². The minimum absolute atomic E-state index is 0.172. The highest BCUT2D eigenvalue weighted by Crippen LogP contribution is 2.27. The summed E-state index contributed by atoms with van der Waals surface area (Å²) in [5, 5.41) is 19.1. The van der Waals surface area contributed by atoms with Crippen molar-refractivity contribution in [3.8, 4) is 0 Å². The molecule has 0 bridgehead atoms. The van der Waals surface area contributed by atoms with E-state index in [2.05, 4.69) is 15.7 Å². The van der Waals surface area contributed by atoms with E-state index in [9.17, 15) is 14.4 Å². The van der Waals surface area contributed by atoms with Gasteiger partial charge in [-0.05, 0) is 26.8 Å². The van der Waals surface area contributed by atoms with E-state index in [0.717, 1.165) is 15.9 Å². The number of fused-ring (bicyclic) bond motifs is 1. The normalized spacial score (nSPS) is 13.5. The second-order valence-corrected chi connectivity index (χ2v) is 6.77. The Hall–Kier alpha value is -2.42. The van der Waals surface area contributed by atoms with Gasteiger partial charge in [0.15, 0.2) is 0 Å². The van der Waals surface area contributed by atoms with Gasteiger partial charge >= 0.3 is 5.97 Å². The lowest BCUT2D eigenvalue weighted by Gasteiger charge is -2.17. The fraction of sp³-hybridized carbons (Fsp3) is 0.467. The summed E-state index contributed by atoms with van der Waals surface area (Å²) in [4.78, 5) is 36.3. The molecule has 0 aromatic carbocycles. The molecule has 2 atom stereocenters. The van der Waals surface area contributed by atoms with E-state index in [0.29, 0.717) is 4.88 Å². The maximum absolute atomic E-state index is 12.3. The van der Waals surface area contributed by atoms with Gasteiger partial charge in [0, 0.05) is 18.5 Å². The molecule has 0 radical (unpaired) electrons. The number of nitrogens with one attached hydrogen (secondary N) is 2. The van der Waals surface area contributed by atoms with Crippen molar-refractivity contribution in [2.75, 3.05) is 0 Å². The Morgan fingerprint density at radius 1 is 1.33 bits per heavy atom. The molecular weight excluding hydrogens is 332 g/mol. The summed E-state index contributed by atoms with van der Waals surface area (Å²) < 4.78 is 1.72. The lowest BCUT2D eigenvalue weighted by molar-refractivity contribution is -0.137. The Labute approximate surface area is 142 Å². The molecular formula is C15H20N4O4S. The molecule has 0 fully saturated rings. The first-order valence-corrected chi connectivity index (χ1v) is 8.27. The van der Waals surface area contributed by atoms with Crippen molar-refractivity contribution in [1.82, 2.24) is 20.4 Å². The molecule has 2 heterocycles. The second kappa shape index (κ2) is 7.00. The van der Waals surface area contributed by atoms with Gasteiger partial charge in [-0.3, -0.25) is 19.1 Å². The fourth-order valence-electron chi connectivity index (χ4n) is 2.33. The van der Waals surface area contributed by atoms with Crippen LogP contribution >= 0.6 is 11.3 Å². The van der Waals surface area contributed by atoms with Gasteiger partial charge in [0.25, 0.3) is 5.91 Å². The molecule has 130 valence electrons. The average molecular weight is 352 g/mol. The molecule has 3 N–H and O–H groups in total. The van der Waals surface area contributed by atoms with E-state index in [1.54, 1.807) is 24.6 Å². The molecule has 2 amide bonds. The number of aromatic nitrogens is 2. The maximum atomic E-state index is 12.3. The van der Waals surface area contributed by atoms with Crippen LogP contribution in [0.25, 0.3) is 10.2 Å². The van der Waals surface area contributed by atoms with Gasteiger partial charge < -0.3 is 15.7 Å². The Morgan fingerprint density at radius 2 is 2.00 bits per heavy atom. The number of nitrogens with zero attached hydrogens (tertiary/aromatic N) is 2. The molecule has 2 unspecified atom stereocenters. The van der Waals surface area contributed by atoms with Crippen LogP contribution < -0.4 is 10.6 Å². The number of thiophene rings is 1. The lowest BCUT2D eigenvalue weighted by atomic mass is 10.2. The van der Waals surface area contributed by atoms with Crippen LogP contribution in [0.15, 0.2) is 6.07 Å². The predicted molar refractivity (Wildman–Crippen MR) is 90.1 cm³/mol. The van der Waals surface area contributed by atoms with Crippen LogP contribution in [0.1, 0.15) is 35.6 Å². The summed E-state index contributed by atoms with van der Waals surface area (Å²) in [6.07, 6.45) is -0.172. The molecule has 0 saturated carbocycles. The molecule has 0 spiro atoms. The molecule has 0 aliphatic carbocycles. The van der Waals surface area contributed by atoms with Gasteiger partial charge in [0.05, 0.1) is 17.0 Å². The topological polar surface area (TPSA) is 113 Å². The number of carboxylic acid groups (broad SMARTS) is 1. The summed E-state index contributed by atoms with van der Waals surface area (Å²) in [5.74, 6) is -1.76. The highest BCUT2D eigenvalue weighted by atomic mass is 32.1. The van der Waals surface area contributed by atoms with Crippen LogP contribution in [0.5, 0.6) is 0 Å². The third-order valence-electron chi connectivity index (χ3n) is 3.53. The zero-order valence-electron chi connectivity index (χ0n) is 13.9. The quantitative estimate of drug-likeness (QED) is 0.719. The van der Waals surface area contributed by atoms with Crippen LogP contribution in [-0.4, -0.2) is 44.8 Å². The Kier molecular flexibility index (Phi) is 5.23. The van der Waals surface area contributed by atoms with E-state index in [1.807, 2.05) is 14.0 Å². The Balaban J connectivity index is 2.00. The standard InChI is InChI=1S/C15H20N4O4S/c1-7(5-12(20)21)16-13(22)9(3)17-14(23)11-6-10-8(2)18-19(4)15(10)24-11/h6-7,9H,5H2,1-4H3,(H,16,22)(H,17,23)(H,20,21). The molecule has 0 aliphatic rings. The highest BCUT2D eigenvalue weighted by Gasteiger charge is 2.21. The fourth-order valence-corrected chi connectivity index (χ4v) is 3.36. The number of rotatable bonds is 6. The number of aryl methyl sites for hydroxylation is 2. The molecule has 2 aromatic rings. The van der Waals surface area contributed by atoms with Crippen molar-refractivity contribution >= 4 is 39.3 Å². The smallest absolute Gasteiger partial charge is 0.305 e. The van der Waals surface area contributed by atoms with Crippen molar-refractivity contribution < 1.29 is 19.5 Å². The zero-order valence-corrected chi connectivity index (χ0v) is 14.7. The molecule has 24 heavy (non-hydrogen) atoms. The largest absolute Gasteiger partial charge is 0.481 e. The van der Waals surface area contributed by atoms with E-state index < -0.39 is 24.0 Å². The number of carbonyl (C=O) groups excluding carboxylic acids is 2. The van der Waals surface area contributed by atoms with Crippen molar-refractivity contribution in [2.45, 2.75) is 39.3 Å². The van der Waals surface area contributed by atoms with Crippen LogP contribution in [0.4, 0.5) is 0 Å². The molecule has 9 heteroatoms. The van der Waals surface area contributed by atoms with Gasteiger partial charge in [0.2, 0.25) is 5.91 Å². The van der Waals surface area contributed by atoms with Crippen LogP contribution in [0, 0.1) is 6.92 Å². The van der Waals surface area contributed by atoms with Crippen LogP contribution in [0.2, 0.25) is 0 Å². The van der Waals surface area contributed by atoms with E-state index in [4.69, 9.17) is 5.11 Å². The zero-order chi connectivity index (χ0) is 18.0. The summed E-state index contributed by atoms with van der Waals surface area (Å²) in [6, 6.07) is 0.487. The first-order valence-electron chi connectivity index (χ1n) is 7.45. The summed E-state index contributed by atoms with van der Waals surface area (Å²) in [6.45, 7) is 5.03. The minimum atomic E-state index is -0.992. The summed E-state index contributed by atoms with van der Waals surface area (Å²) >= 11 is 1.31. The first-order chi connectivity index (χ1) is 11.2. The van der Waals surface area contributed by atoms with E-state index in [1.165, 1.54) is 11.3 Å². The number of amides is 2. The monoisotopic (exact) mass is 352 g/mol. The minimum Gasteiger partial charge on any atom is -0.481 e. The molecule has 8 nitrogen and oxygen atoms in total. The number of hydrogen-bond donors (Lipinski definition) is 3. The third kappa shape index (κ3) is 3.91. The molecule has 0 saturated heterocycles. The van der Waals surface area contributed by atoms with Gasteiger partial charge in [-0.1, -0.05) is 0 Å². The van der Waals surface area contributed by atoms with Gasteiger partial charge in [-0.2, -0.15) is 5.10 Å². The van der Waals surface area contributed by atoms with Crippen molar-refractivity contribution in [3.05, 3.63) is 16.6 Å². The van der Waals surface area contributed by atoms with E-state index in [-0.39, 0.29) is 12.3 Å². The summed E-state index contributed by atoms with van der Waals surface area (Å²) in [7, 11) is 1.81. The number of hydrogen-bond acceptors (Lipinski definition) is 5. The van der Waals surface area contributed by atoms with Crippen molar-refractivity contribution in [2.24, 2.45) is 7.05 Å². The van der Waals surface area contributed by atoms with Crippen LogP contribution in [-0.2, 0) is 16.6 Å². The Bertz CT molecular complexity index is 760. The molecule has 2 aromatic heterocycles. The number of aliphatic carboxylic acids is 1. The second-order valence-electron chi connectivity index (χ2n) is 5.74.